The molecule has 0 bridgehead atoms. The van der Waals surface area contributed by atoms with Crippen LogP contribution in [0.1, 0.15) is 23.8 Å². The molecule has 0 saturated heterocycles. The van der Waals surface area contributed by atoms with Crippen LogP contribution in [0.15, 0.2) is 34.9 Å². The zero-order chi connectivity index (χ0) is 14.7. The molecule has 1 amide bonds. The molecule has 2 rings (SSSR count). The molecule has 20 heavy (non-hydrogen) atoms. The van der Waals surface area contributed by atoms with Gasteiger partial charge >= 0.3 is 0 Å². The number of amides is 1. The molecule has 4 nitrogen and oxygen atoms in total. The average Bonchev–Trinajstić information content (AvgIpc) is 2.75. The summed E-state index contributed by atoms with van der Waals surface area (Å²) in [5.74, 6) is -0.210. The Bertz CT molecular complexity index is 639. The number of nitrogen functional groups attached to an aromatic ring is 1. The summed E-state index contributed by atoms with van der Waals surface area (Å²) in [4.78, 5) is 12.3. The van der Waals surface area contributed by atoms with Crippen LogP contribution in [0.5, 0.6) is 0 Å². The Hall–Kier alpha value is -1.46. The van der Waals surface area contributed by atoms with Crippen molar-refractivity contribution in [2.45, 2.75) is 19.9 Å². The maximum absolute atomic E-state index is 12.3. The molecule has 0 unspecified atom stereocenters. The van der Waals surface area contributed by atoms with Gasteiger partial charge < -0.3 is 15.6 Å². The predicted molar refractivity (Wildman–Crippen MR) is 86.2 cm³/mol. The maximum Gasteiger partial charge on any atom is 0.272 e. The molecule has 0 aliphatic rings. The van der Waals surface area contributed by atoms with Crippen molar-refractivity contribution in [2.75, 3.05) is 11.1 Å². The van der Waals surface area contributed by atoms with Gasteiger partial charge in [0.05, 0.1) is 11.4 Å². The highest BCUT2D eigenvalue weighted by Crippen LogP contribution is 2.26. The van der Waals surface area contributed by atoms with Crippen LogP contribution >= 0.6 is 27.5 Å². The fourth-order valence-corrected chi connectivity index (χ4v) is 2.45. The van der Waals surface area contributed by atoms with Crippen LogP contribution in [0.25, 0.3) is 0 Å². The monoisotopic (exact) mass is 355 g/mol. The second kappa shape index (κ2) is 6.33. The summed E-state index contributed by atoms with van der Waals surface area (Å²) in [5, 5.41) is 3.39. The van der Waals surface area contributed by atoms with E-state index in [1.54, 1.807) is 30.5 Å². The molecule has 0 atom stereocenters. The van der Waals surface area contributed by atoms with Crippen molar-refractivity contribution in [1.29, 1.82) is 0 Å². The van der Waals surface area contributed by atoms with E-state index in [9.17, 15) is 4.79 Å². The third-order valence-corrected chi connectivity index (χ3v) is 3.72. The van der Waals surface area contributed by atoms with E-state index in [1.807, 2.05) is 11.5 Å². The molecule has 2 aromatic rings. The number of nitrogens with one attached hydrogen (secondary N) is 1. The van der Waals surface area contributed by atoms with E-state index in [1.165, 1.54) is 0 Å². The number of hydrogen-bond donors (Lipinski definition) is 2. The number of nitrogens with zero attached hydrogens (tertiary/aromatic N) is 1. The first kappa shape index (κ1) is 14.9. The molecular formula is C14H15BrClN3O. The van der Waals surface area contributed by atoms with E-state index in [0.29, 0.717) is 22.1 Å². The van der Waals surface area contributed by atoms with E-state index < -0.39 is 0 Å². The smallest absolute Gasteiger partial charge is 0.272 e. The van der Waals surface area contributed by atoms with Crippen LogP contribution in [0.2, 0.25) is 5.02 Å². The Morgan fingerprint density at radius 1 is 1.45 bits per heavy atom. The molecule has 0 aliphatic carbocycles. The first-order chi connectivity index (χ1) is 9.51. The highest BCUT2D eigenvalue weighted by Gasteiger charge is 2.14. The van der Waals surface area contributed by atoms with E-state index in [2.05, 4.69) is 21.2 Å². The number of anilines is 2. The summed E-state index contributed by atoms with van der Waals surface area (Å²) < 4.78 is 2.63. The SMILES string of the molecule is CCCn1cc(N)cc1C(=O)Nc1cc(Cl)ccc1Br. The standard InChI is InChI=1S/C14H15BrClN3O/c1-2-5-19-8-10(17)7-13(19)14(20)18-12-6-9(16)3-4-11(12)15/h3-4,6-8H,2,5,17H2,1H3,(H,18,20). The van der Waals surface area contributed by atoms with Gasteiger partial charge in [-0.1, -0.05) is 18.5 Å². The van der Waals surface area contributed by atoms with Crippen molar-refractivity contribution < 1.29 is 4.79 Å². The Morgan fingerprint density at radius 2 is 2.20 bits per heavy atom. The van der Waals surface area contributed by atoms with Crippen LogP contribution in [-0.2, 0) is 6.54 Å². The minimum Gasteiger partial charge on any atom is -0.397 e. The average molecular weight is 357 g/mol. The fourth-order valence-electron chi connectivity index (χ4n) is 1.93. The molecule has 106 valence electrons. The van der Waals surface area contributed by atoms with Gasteiger partial charge in [-0.3, -0.25) is 4.79 Å². The second-order valence-corrected chi connectivity index (χ2v) is 5.72. The molecule has 0 fully saturated rings. The number of aryl methyl sites for hydroxylation is 1. The van der Waals surface area contributed by atoms with E-state index in [4.69, 9.17) is 17.3 Å². The minimum atomic E-state index is -0.210. The molecule has 1 aromatic heterocycles. The van der Waals surface area contributed by atoms with Gasteiger partial charge in [-0.05, 0) is 46.6 Å². The van der Waals surface area contributed by atoms with Gasteiger partial charge in [0.1, 0.15) is 5.69 Å². The lowest BCUT2D eigenvalue weighted by Crippen LogP contribution is -2.17. The molecule has 0 saturated carbocycles. The molecule has 0 spiro atoms. The summed E-state index contributed by atoms with van der Waals surface area (Å²) in [6.45, 7) is 2.79. The number of halogens is 2. The summed E-state index contributed by atoms with van der Waals surface area (Å²) in [5.41, 5.74) is 7.51. The Labute approximate surface area is 131 Å². The first-order valence-corrected chi connectivity index (χ1v) is 7.40. The lowest BCUT2D eigenvalue weighted by atomic mass is 10.3. The van der Waals surface area contributed by atoms with Crippen LogP contribution < -0.4 is 11.1 Å². The third kappa shape index (κ3) is 3.35. The number of aromatic nitrogens is 1. The Morgan fingerprint density at radius 3 is 2.90 bits per heavy atom. The number of hydrogen-bond acceptors (Lipinski definition) is 2. The van der Waals surface area contributed by atoms with Gasteiger partial charge in [-0.2, -0.15) is 0 Å². The molecule has 1 heterocycles. The molecule has 0 aliphatic heterocycles. The quantitative estimate of drug-likeness (QED) is 0.864. The Balaban J connectivity index is 2.26. The summed E-state index contributed by atoms with van der Waals surface area (Å²) >= 11 is 9.32. The number of carbonyl (C=O) groups excluding carboxylic acids is 1. The molecule has 1 aromatic carbocycles. The zero-order valence-electron chi connectivity index (χ0n) is 11.0. The van der Waals surface area contributed by atoms with Gasteiger partial charge in [-0.25, -0.2) is 0 Å². The van der Waals surface area contributed by atoms with E-state index >= 15 is 0 Å². The molecular weight excluding hydrogens is 342 g/mol. The highest BCUT2D eigenvalue weighted by atomic mass is 79.9. The minimum absolute atomic E-state index is 0.210. The van der Waals surface area contributed by atoms with Crippen molar-refractivity contribution in [2.24, 2.45) is 0 Å². The zero-order valence-corrected chi connectivity index (χ0v) is 13.3. The van der Waals surface area contributed by atoms with Crippen LogP contribution in [0, 0.1) is 0 Å². The molecule has 6 heteroatoms. The highest BCUT2D eigenvalue weighted by molar-refractivity contribution is 9.10. The molecule has 0 radical (unpaired) electrons. The summed E-state index contributed by atoms with van der Waals surface area (Å²) in [6, 6.07) is 6.90. The topological polar surface area (TPSA) is 60.0 Å². The number of benzene rings is 1. The van der Waals surface area contributed by atoms with E-state index in [-0.39, 0.29) is 5.91 Å². The predicted octanol–water partition coefficient (Wildman–Crippen LogP) is 4.15. The van der Waals surface area contributed by atoms with Crippen molar-refractivity contribution in [3.63, 3.8) is 0 Å². The third-order valence-electron chi connectivity index (χ3n) is 2.79. The van der Waals surface area contributed by atoms with Crippen LogP contribution in [0.4, 0.5) is 11.4 Å². The summed E-state index contributed by atoms with van der Waals surface area (Å²) in [6.07, 6.45) is 2.70. The van der Waals surface area contributed by atoms with Gasteiger partial charge in [0.2, 0.25) is 0 Å². The van der Waals surface area contributed by atoms with Crippen LogP contribution in [0.3, 0.4) is 0 Å². The van der Waals surface area contributed by atoms with Crippen molar-refractivity contribution >= 4 is 44.8 Å². The summed E-state index contributed by atoms with van der Waals surface area (Å²) in [7, 11) is 0. The largest absolute Gasteiger partial charge is 0.397 e. The second-order valence-electron chi connectivity index (χ2n) is 4.43. The number of nitrogens with two attached hydrogens (primary N) is 1. The normalized spacial score (nSPS) is 10.6. The fraction of sp³-hybridized carbons (Fsp3) is 0.214. The van der Waals surface area contributed by atoms with Crippen molar-refractivity contribution in [3.8, 4) is 0 Å². The van der Waals surface area contributed by atoms with Gasteiger partial charge in [0.15, 0.2) is 0 Å². The van der Waals surface area contributed by atoms with Crippen molar-refractivity contribution in [1.82, 2.24) is 4.57 Å². The molecule has 3 N–H and O–H groups in total. The van der Waals surface area contributed by atoms with Gasteiger partial charge in [0.25, 0.3) is 5.91 Å². The Kier molecular flexibility index (Phi) is 4.73. The van der Waals surface area contributed by atoms with Crippen molar-refractivity contribution in [3.05, 3.63) is 45.7 Å². The lowest BCUT2D eigenvalue weighted by Gasteiger charge is -2.10. The van der Waals surface area contributed by atoms with E-state index in [0.717, 1.165) is 17.4 Å². The number of rotatable bonds is 4. The first-order valence-electron chi connectivity index (χ1n) is 6.23. The van der Waals surface area contributed by atoms with Crippen LogP contribution in [-0.4, -0.2) is 10.5 Å². The van der Waals surface area contributed by atoms with Gasteiger partial charge in [0, 0.05) is 22.2 Å². The van der Waals surface area contributed by atoms with Gasteiger partial charge in [-0.15, -0.1) is 0 Å². The lowest BCUT2D eigenvalue weighted by molar-refractivity contribution is 0.101. The maximum atomic E-state index is 12.3. The number of carbonyl (C=O) groups is 1.